The van der Waals surface area contributed by atoms with Crippen LogP contribution in [-0.2, 0) is 21.2 Å². The maximum atomic E-state index is 12.8. The zero-order chi connectivity index (χ0) is 20.0. The molecule has 0 fully saturated rings. The number of carbonyl (C=O) groups is 1. The fourth-order valence-corrected chi connectivity index (χ4v) is 4.22. The van der Waals surface area contributed by atoms with Crippen LogP contribution in [0.2, 0.25) is 0 Å². The van der Waals surface area contributed by atoms with Crippen molar-refractivity contribution in [2.45, 2.75) is 43.5 Å². The Morgan fingerprint density at radius 3 is 2.43 bits per heavy atom. The Morgan fingerprint density at radius 1 is 1.07 bits per heavy atom. The monoisotopic (exact) mass is 399 g/mol. The van der Waals surface area contributed by atoms with Crippen molar-refractivity contribution in [3.8, 4) is 0 Å². The van der Waals surface area contributed by atoms with Crippen molar-refractivity contribution >= 4 is 15.9 Å². The number of allylic oxidation sites excluding steroid dienone is 2. The fraction of sp³-hybridized carbons (Fsp3) is 0.286. The number of hydrogen-bond acceptors (Lipinski definition) is 4. The van der Waals surface area contributed by atoms with Crippen LogP contribution in [0.3, 0.4) is 0 Å². The average molecular weight is 400 g/mol. The maximum Gasteiger partial charge on any atom is 0.256 e. The van der Waals surface area contributed by atoms with Gasteiger partial charge in [0.25, 0.3) is 5.91 Å². The Balaban J connectivity index is 1.76. The van der Waals surface area contributed by atoms with Crippen molar-refractivity contribution in [3.05, 3.63) is 77.5 Å². The molecule has 0 aromatic heterocycles. The van der Waals surface area contributed by atoms with E-state index in [2.05, 4.69) is 15.6 Å². The minimum Gasteiger partial charge on any atom is -0.303 e. The summed E-state index contributed by atoms with van der Waals surface area (Å²) < 4.78 is 28.1. The van der Waals surface area contributed by atoms with Crippen molar-refractivity contribution in [3.63, 3.8) is 0 Å². The first-order valence-corrected chi connectivity index (χ1v) is 10.8. The SMILES string of the molecule is Cc1ccc(S(=O)(=O)NC(Cc2ccccc2)C(=O)NNC2=CCCC2)cc1. The summed E-state index contributed by atoms with van der Waals surface area (Å²) >= 11 is 0. The number of hydrazine groups is 1. The predicted molar refractivity (Wildman–Crippen MR) is 109 cm³/mol. The molecule has 0 aliphatic heterocycles. The van der Waals surface area contributed by atoms with E-state index >= 15 is 0 Å². The molecule has 2 aromatic carbocycles. The first-order valence-electron chi connectivity index (χ1n) is 9.32. The Morgan fingerprint density at radius 2 is 1.79 bits per heavy atom. The lowest BCUT2D eigenvalue weighted by molar-refractivity contribution is -0.123. The van der Waals surface area contributed by atoms with E-state index in [1.165, 1.54) is 12.1 Å². The molecule has 0 saturated heterocycles. The van der Waals surface area contributed by atoms with Crippen LogP contribution in [0.5, 0.6) is 0 Å². The van der Waals surface area contributed by atoms with E-state index in [4.69, 9.17) is 0 Å². The van der Waals surface area contributed by atoms with E-state index in [0.717, 1.165) is 36.1 Å². The third-order valence-electron chi connectivity index (χ3n) is 4.62. The number of benzene rings is 2. The van der Waals surface area contributed by atoms with Crippen LogP contribution in [-0.4, -0.2) is 20.4 Å². The minimum atomic E-state index is -3.83. The highest BCUT2D eigenvalue weighted by molar-refractivity contribution is 7.89. The molecule has 0 spiro atoms. The Kier molecular flexibility index (Phi) is 6.49. The van der Waals surface area contributed by atoms with Gasteiger partial charge in [0.05, 0.1) is 4.90 Å². The van der Waals surface area contributed by atoms with Crippen LogP contribution in [0.15, 0.2) is 71.3 Å². The van der Waals surface area contributed by atoms with Crippen molar-refractivity contribution in [2.75, 3.05) is 0 Å². The number of hydrogen-bond donors (Lipinski definition) is 3. The molecular formula is C21H25N3O3S. The summed E-state index contributed by atoms with van der Waals surface area (Å²) in [5.41, 5.74) is 8.34. The highest BCUT2D eigenvalue weighted by atomic mass is 32.2. The molecule has 3 rings (SSSR count). The van der Waals surface area contributed by atoms with Crippen molar-refractivity contribution in [1.29, 1.82) is 0 Å². The second kappa shape index (κ2) is 9.03. The average Bonchev–Trinajstić information content (AvgIpc) is 3.20. The molecule has 0 saturated carbocycles. The van der Waals surface area contributed by atoms with Crippen LogP contribution in [0, 0.1) is 6.92 Å². The van der Waals surface area contributed by atoms with E-state index in [1.54, 1.807) is 12.1 Å². The van der Waals surface area contributed by atoms with Gasteiger partial charge in [-0.25, -0.2) is 8.42 Å². The van der Waals surface area contributed by atoms with Gasteiger partial charge in [-0.1, -0.05) is 54.1 Å². The molecule has 2 aromatic rings. The molecule has 0 heterocycles. The first-order chi connectivity index (χ1) is 13.4. The van der Waals surface area contributed by atoms with E-state index in [9.17, 15) is 13.2 Å². The number of nitrogens with one attached hydrogen (secondary N) is 3. The molecule has 6 nitrogen and oxygen atoms in total. The van der Waals surface area contributed by atoms with Gasteiger partial charge in [-0.15, -0.1) is 0 Å². The molecule has 1 amide bonds. The third kappa shape index (κ3) is 5.43. The quantitative estimate of drug-likeness (QED) is 0.596. The lowest BCUT2D eigenvalue weighted by atomic mass is 10.1. The van der Waals surface area contributed by atoms with E-state index in [1.807, 2.05) is 43.3 Å². The molecule has 0 bridgehead atoms. The number of rotatable bonds is 8. The van der Waals surface area contributed by atoms with Gasteiger partial charge in [-0.3, -0.25) is 10.2 Å². The van der Waals surface area contributed by atoms with Crippen LogP contribution < -0.4 is 15.6 Å². The molecule has 1 aliphatic carbocycles. The number of amides is 1. The normalized spacial score (nSPS) is 15.0. The summed E-state index contributed by atoms with van der Waals surface area (Å²) in [7, 11) is -3.83. The Hall–Kier alpha value is -2.64. The van der Waals surface area contributed by atoms with Crippen LogP contribution in [0.4, 0.5) is 0 Å². The van der Waals surface area contributed by atoms with Gasteiger partial charge in [0.1, 0.15) is 6.04 Å². The van der Waals surface area contributed by atoms with Crippen molar-refractivity contribution in [2.24, 2.45) is 0 Å². The molecule has 3 N–H and O–H groups in total. The van der Waals surface area contributed by atoms with Gasteiger partial charge in [0.15, 0.2) is 0 Å². The number of carbonyl (C=O) groups excluding carboxylic acids is 1. The third-order valence-corrected chi connectivity index (χ3v) is 6.10. The summed E-state index contributed by atoms with van der Waals surface area (Å²) in [6.07, 6.45) is 5.18. The van der Waals surface area contributed by atoms with Gasteiger partial charge in [0, 0.05) is 5.70 Å². The molecule has 28 heavy (non-hydrogen) atoms. The molecule has 1 unspecified atom stereocenters. The highest BCUT2D eigenvalue weighted by Crippen LogP contribution is 2.14. The largest absolute Gasteiger partial charge is 0.303 e. The van der Waals surface area contributed by atoms with Gasteiger partial charge >= 0.3 is 0 Å². The second-order valence-corrected chi connectivity index (χ2v) is 8.63. The lowest BCUT2D eigenvalue weighted by Gasteiger charge is -2.20. The summed E-state index contributed by atoms with van der Waals surface area (Å²) in [5.74, 6) is -0.424. The van der Waals surface area contributed by atoms with Crippen LogP contribution >= 0.6 is 0 Å². The van der Waals surface area contributed by atoms with Gasteiger partial charge < -0.3 is 5.43 Å². The topological polar surface area (TPSA) is 87.3 Å². The molecule has 7 heteroatoms. The summed E-state index contributed by atoms with van der Waals surface area (Å²) in [4.78, 5) is 12.9. The number of aryl methyl sites for hydroxylation is 1. The standard InChI is InChI=1S/C21H25N3O3S/c1-16-11-13-19(14-12-16)28(26,27)24-20(15-17-7-3-2-4-8-17)21(25)23-22-18-9-5-6-10-18/h2-4,7-9,11-14,20,22,24H,5-6,10,15H2,1H3,(H,23,25). The van der Waals surface area contributed by atoms with Gasteiger partial charge in [-0.2, -0.15) is 4.72 Å². The molecule has 148 valence electrons. The van der Waals surface area contributed by atoms with Crippen LogP contribution in [0.25, 0.3) is 0 Å². The summed E-state index contributed by atoms with van der Waals surface area (Å²) in [6, 6.07) is 14.9. The smallest absolute Gasteiger partial charge is 0.256 e. The zero-order valence-corrected chi connectivity index (χ0v) is 16.6. The molecular weight excluding hydrogens is 374 g/mol. The fourth-order valence-electron chi connectivity index (χ4n) is 3.02. The second-order valence-electron chi connectivity index (χ2n) is 6.91. The van der Waals surface area contributed by atoms with E-state index in [0.29, 0.717) is 0 Å². The summed E-state index contributed by atoms with van der Waals surface area (Å²) in [5, 5.41) is 0. The van der Waals surface area contributed by atoms with Crippen molar-refractivity contribution in [1.82, 2.24) is 15.6 Å². The predicted octanol–water partition coefficient (Wildman–Crippen LogP) is 2.57. The number of sulfonamides is 1. The molecule has 1 atom stereocenters. The van der Waals surface area contributed by atoms with E-state index < -0.39 is 22.0 Å². The molecule has 1 aliphatic rings. The van der Waals surface area contributed by atoms with E-state index in [-0.39, 0.29) is 11.3 Å². The summed E-state index contributed by atoms with van der Waals surface area (Å²) in [6.45, 7) is 1.89. The Labute approximate surface area is 166 Å². The maximum absolute atomic E-state index is 12.8. The Bertz CT molecular complexity index is 939. The lowest BCUT2D eigenvalue weighted by Crippen LogP contribution is -2.51. The van der Waals surface area contributed by atoms with Gasteiger partial charge in [0.2, 0.25) is 10.0 Å². The van der Waals surface area contributed by atoms with Gasteiger partial charge in [-0.05, 0) is 50.3 Å². The van der Waals surface area contributed by atoms with Crippen molar-refractivity contribution < 1.29 is 13.2 Å². The minimum absolute atomic E-state index is 0.135. The van der Waals surface area contributed by atoms with Crippen LogP contribution in [0.1, 0.15) is 30.4 Å². The molecule has 0 radical (unpaired) electrons. The highest BCUT2D eigenvalue weighted by Gasteiger charge is 2.26. The first kappa shape index (κ1) is 20.1. The zero-order valence-electron chi connectivity index (χ0n) is 15.8.